The molecule has 1 amide bonds. The molecule has 234 valence electrons. The summed E-state index contributed by atoms with van der Waals surface area (Å²) in [5.74, 6) is -1.28. The highest BCUT2D eigenvalue weighted by Gasteiger charge is 2.47. The van der Waals surface area contributed by atoms with Crippen LogP contribution in [0, 0.1) is 5.92 Å². The van der Waals surface area contributed by atoms with Crippen LogP contribution < -0.4 is 14.4 Å². The molecule has 1 saturated heterocycles. The molecule has 0 spiro atoms. The van der Waals surface area contributed by atoms with Crippen LogP contribution in [0.4, 0.5) is 5.69 Å². The second-order valence-corrected chi connectivity index (χ2v) is 11.5. The Morgan fingerprint density at radius 3 is 2.52 bits per heavy atom. The number of benzene rings is 2. The molecule has 1 aromatic heterocycles. The highest BCUT2D eigenvalue weighted by atomic mass is 16.7. The van der Waals surface area contributed by atoms with E-state index in [4.69, 9.17) is 9.47 Å². The number of aliphatic hydroxyl groups excluding tert-OH is 2. The highest BCUT2D eigenvalue weighted by molar-refractivity contribution is 5.94. The van der Waals surface area contributed by atoms with Gasteiger partial charge in [-0.05, 0) is 66.6 Å². The summed E-state index contributed by atoms with van der Waals surface area (Å²) in [7, 11) is 0. The van der Waals surface area contributed by atoms with Gasteiger partial charge in [0.25, 0.3) is 0 Å². The Morgan fingerprint density at radius 1 is 1.02 bits per heavy atom. The highest BCUT2D eigenvalue weighted by Crippen LogP contribution is 2.45. The van der Waals surface area contributed by atoms with E-state index in [1.165, 1.54) is 0 Å². The molecule has 5 rings (SSSR count). The summed E-state index contributed by atoms with van der Waals surface area (Å²) in [4.78, 5) is 34.9. The van der Waals surface area contributed by atoms with E-state index in [1.54, 1.807) is 29.4 Å². The van der Waals surface area contributed by atoms with Crippen molar-refractivity contribution >= 4 is 17.6 Å². The molecule has 3 atom stereocenters. The van der Waals surface area contributed by atoms with Crippen molar-refractivity contribution in [3.8, 4) is 11.5 Å². The van der Waals surface area contributed by atoms with E-state index in [2.05, 4.69) is 11.9 Å². The minimum atomic E-state index is -0.927. The number of aliphatic hydroxyl groups is 2. The Hall–Kier alpha value is -3.99. The van der Waals surface area contributed by atoms with Crippen LogP contribution in [0.2, 0.25) is 0 Å². The van der Waals surface area contributed by atoms with Gasteiger partial charge in [-0.15, -0.1) is 0 Å². The molecule has 3 aromatic rings. The number of pyridine rings is 1. The number of carboxylic acid groups (broad SMARTS) is 1. The molecule has 0 radical (unpaired) electrons. The number of nitrogens with zero attached hydrogens (tertiary/aromatic N) is 3. The zero-order chi connectivity index (χ0) is 31.1. The number of aliphatic carboxylic acids is 1. The molecule has 10 nitrogen and oxygen atoms in total. The van der Waals surface area contributed by atoms with Crippen molar-refractivity contribution in [3.63, 3.8) is 0 Å². The molecule has 1 fully saturated rings. The first kappa shape index (κ1) is 31.4. The first-order chi connectivity index (χ1) is 21.4. The summed E-state index contributed by atoms with van der Waals surface area (Å²) < 4.78 is 11.2. The summed E-state index contributed by atoms with van der Waals surface area (Å²) in [5.41, 5.74) is 3.90. The summed E-state index contributed by atoms with van der Waals surface area (Å²) >= 11 is 0. The Labute approximate surface area is 257 Å². The van der Waals surface area contributed by atoms with Gasteiger partial charge in [0.2, 0.25) is 12.7 Å². The minimum Gasteiger partial charge on any atom is -0.481 e. The van der Waals surface area contributed by atoms with E-state index < -0.39 is 23.8 Å². The first-order valence-corrected chi connectivity index (χ1v) is 15.3. The normalized spacial score (nSPS) is 19.3. The van der Waals surface area contributed by atoms with Gasteiger partial charge in [-0.1, -0.05) is 37.6 Å². The number of carbonyl (C=O) groups excluding carboxylic acids is 1. The Kier molecular flexibility index (Phi) is 10.5. The maximum atomic E-state index is 13.9. The molecule has 2 aliphatic heterocycles. The van der Waals surface area contributed by atoms with E-state index in [1.807, 2.05) is 41.3 Å². The lowest BCUT2D eigenvalue weighted by Gasteiger charge is -2.29. The smallest absolute Gasteiger partial charge is 0.308 e. The molecule has 0 bridgehead atoms. The van der Waals surface area contributed by atoms with Crippen molar-refractivity contribution < 1.29 is 34.4 Å². The number of rotatable bonds is 14. The topological polar surface area (TPSA) is 133 Å². The van der Waals surface area contributed by atoms with E-state index in [0.717, 1.165) is 35.2 Å². The van der Waals surface area contributed by atoms with Crippen molar-refractivity contribution in [1.82, 2.24) is 9.88 Å². The van der Waals surface area contributed by atoms with Crippen molar-refractivity contribution in [2.75, 3.05) is 31.3 Å². The molecule has 10 heteroatoms. The second-order valence-electron chi connectivity index (χ2n) is 11.5. The van der Waals surface area contributed by atoms with Crippen molar-refractivity contribution in [3.05, 3.63) is 83.2 Å². The van der Waals surface area contributed by atoms with Crippen molar-refractivity contribution in [1.29, 1.82) is 0 Å². The molecular formula is C34H41N3O7. The van der Waals surface area contributed by atoms with Crippen LogP contribution in [-0.4, -0.2) is 69.5 Å². The third-order valence-corrected chi connectivity index (χ3v) is 8.77. The number of carboxylic acids is 1. The summed E-state index contributed by atoms with van der Waals surface area (Å²) in [5, 5.41) is 30.5. The fourth-order valence-corrected chi connectivity index (χ4v) is 6.57. The number of aryl methyl sites for hydroxylation is 1. The van der Waals surface area contributed by atoms with Crippen molar-refractivity contribution in [2.45, 2.75) is 64.2 Å². The monoisotopic (exact) mass is 603 g/mol. The van der Waals surface area contributed by atoms with Crippen LogP contribution in [-0.2, 0) is 29.2 Å². The number of carbonyl (C=O) groups is 2. The molecule has 3 N–H and O–H groups in total. The van der Waals surface area contributed by atoms with Crippen molar-refractivity contribution in [2.24, 2.45) is 5.92 Å². The van der Waals surface area contributed by atoms with E-state index >= 15 is 0 Å². The number of hydrogen-bond donors (Lipinski definition) is 3. The standard InChI is InChI=1S/C34H41N3O7/c1-2-3-14-37(27-11-7-13-35-17-27)31(40)19-36-18-28(25-15-26(21-39)33-30(16-25)43-22-44-33)32(34(41)42)29(36)12-6-10-23-8-4-5-9-24(23)20-38/h4-5,7-9,11,13,15-17,28-29,32,38-39H,2-3,6,10,12,14,18-22H2,1H3,(H,41,42)/t28-,29+,32-/m1/s1. The zero-order valence-corrected chi connectivity index (χ0v) is 25.1. The minimum absolute atomic E-state index is 0.0410. The predicted molar refractivity (Wildman–Crippen MR) is 165 cm³/mol. The third kappa shape index (κ3) is 6.88. The molecule has 0 unspecified atom stereocenters. The lowest BCUT2D eigenvalue weighted by Crippen LogP contribution is -2.44. The lowest BCUT2D eigenvalue weighted by atomic mass is 9.82. The van der Waals surface area contributed by atoms with Gasteiger partial charge in [0.1, 0.15) is 0 Å². The molecule has 0 saturated carbocycles. The average Bonchev–Trinajstić information content (AvgIpc) is 3.66. The van der Waals surface area contributed by atoms with Gasteiger partial charge in [0.05, 0.1) is 37.6 Å². The Balaban J connectivity index is 1.45. The Morgan fingerprint density at radius 2 is 1.82 bits per heavy atom. The van der Waals surface area contributed by atoms with Crippen LogP contribution >= 0.6 is 0 Å². The van der Waals surface area contributed by atoms with E-state index in [0.29, 0.717) is 49.4 Å². The number of unbranched alkanes of at least 4 members (excludes halogenated alkanes) is 1. The van der Waals surface area contributed by atoms with E-state index in [-0.39, 0.29) is 32.5 Å². The molecule has 0 aliphatic carbocycles. The molecular weight excluding hydrogens is 562 g/mol. The molecule has 2 aromatic carbocycles. The van der Waals surface area contributed by atoms with E-state index in [9.17, 15) is 24.9 Å². The quantitative estimate of drug-likeness (QED) is 0.249. The fourth-order valence-electron chi connectivity index (χ4n) is 6.57. The average molecular weight is 604 g/mol. The zero-order valence-electron chi connectivity index (χ0n) is 25.1. The maximum Gasteiger partial charge on any atom is 0.308 e. The van der Waals surface area contributed by atoms with Gasteiger partial charge in [0, 0.05) is 36.8 Å². The summed E-state index contributed by atoms with van der Waals surface area (Å²) in [6.45, 7) is 2.76. The largest absolute Gasteiger partial charge is 0.481 e. The number of ether oxygens (including phenoxy) is 2. The number of aromatic nitrogens is 1. The van der Waals surface area contributed by atoms with Gasteiger partial charge in [0.15, 0.2) is 11.5 Å². The van der Waals surface area contributed by atoms with Crippen LogP contribution in [0.15, 0.2) is 60.9 Å². The fraction of sp³-hybridized carbons (Fsp3) is 0.441. The lowest BCUT2D eigenvalue weighted by molar-refractivity contribution is -0.143. The molecule has 44 heavy (non-hydrogen) atoms. The first-order valence-electron chi connectivity index (χ1n) is 15.3. The number of fused-ring (bicyclic) bond motifs is 1. The SMILES string of the molecule is CCCCN(C(=O)CN1C[C@H](c2cc(CO)c3c(c2)OCO3)[C@@H](C(=O)O)[C@@H]1CCCc1ccccc1CO)c1cccnc1. The molecule has 2 aliphatic rings. The van der Waals surface area contributed by atoms with Gasteiger partial charge in [-0.25, -0.2) is 0 Å². The number of amides is 1. The molecule has 3 heterocycles. The van der Waals surface area contributed by atoms with Gasteiger partial charge in [-0.2, -0.15) is 0 Å². The number of anilines is 1. The predicted octanol–water partition coefficient (Wildman–Crippen LogP) is 4.12. The van der Waals surface area contributed by atoms with Crippen LogP contribution in [0.1, 0.15) is 60.8 Å². The summed E-state index contributed by atoms with van der Waals surface area (Å²) in [6.07, 6.45) is 7.03. The van der Waals surface area contributed by atoms with Crippen LogP contribution in [0.25, 0.3) is 0 Å². The van der Waals surface area contributed by atoms with Gasteiger partial charge < -0.3 is 29.7 Å². The summed E-state index contributed by atoms with van der Waals surface area (Å²) in [6, 6.07) is 14.6. The number of likely N-dealkylation sites (tertiary alicyclic amines) is 1. The number of hydrogen-bond acceptors (Lipinski definition) is 8. The maximum absolute atomic E-state index is 13.9. The van der Waals surface area contributed by atoms with Gasteiger partial charge in [-0.3, -0.25) is 19.5 Å². The van der Waals surface area contributed by atoms with Crippen LogP contribution in [0.3, 0.4) is 0 Å². The van der Waals surface area contributed by atoms with Crippen LogP contribution in [0.5, 0.6) is 11.5 Å². The third-order valence-electron chi connectivity index (χ3n) is 8.77. The second kappa shape index (κ2) is 14.7. The Bertz CT molecular complexity index is 1430. The van der Waals surface area contributed by atoms with Gasteiger partial charge >= 0.3 is 5.97 Å².